The van der Waals surface area contributed by atoms with Crippen LogP contribution in [0.5, 0.6) is 23.0 Å². The number of nitrogens with zero attached hydrogens (tertiary/aromatic N) is 1. The van der Waals surface area contributed by atoms with E-state index in [0.29, 0.717) is 28.6 Å². The number of imidazole rings is 1. The van der Waals surface area contributed by atoms with Gasteiger partial charge in [-0.25, -0.2) is 4.98 Å². The third kappa shape index (κ3) is 5.04. The van der Waals surface area contributed by atoms with Crippen LogP contribution in [-0.2, 0) is 6.18 Å². The highest BCUT2D eigenvalue weighted by Crippen LogP contribution is 2.33. The second-order valence-corrected chi connectivity index (χ2v) is 6.65. The molecule has 4 rings (SSSR count). The van der Waals surface area contributed by atoms with E-state index in [-0.39, 0.29) is 5.75 Å². The van der Waals surface area contributed by atoms with Gasteiger partial charge in [-0.3, -0.25) is 0 Å². The van der Waals surface area contributed by atoms with Crippen LogP contribution in [0, 0.1) is 0 Å². The summed E-state index contributed by atoms with van der Waals surface area (Å²) in [4.78, 5) is 6.90. The Morgan fingerprint density at radius 1 is 0.806 bits per heavy atom. The molecule has 1 aromatic heterocycles. The van der Waals surface area contributed by atoms with Gasteiger partial charge in [0.25, 0.3) is 0 Å². The van der Waals surface area contributed by atoms with E-state index >= 15 is 0 Å². The standard InChI is InChI=1S/C23H17F3N2O3/c24-23(25,26)16-6-10-18(11-7-16)31-20-3-1-2-19(14-20)30-17-8-4-15(5-9-17)21(29)22-27-12-13-28-22/h1-14,21,29H,(H,27,28). The van der Waals surface area contributed by atoms with Crippen LogP contribution in [0.3, 0.4) is 0 Å². The van der Waals surface area contributed by atoms with E-state index in [1.807, 2.05) is 0 Å². The molecule has 0 bridgehead atoms. The third-order valence-corrected chi connectivity index (χ3v) is 4.43. The van der Waals surface area contributed by atoms with Crippen molar-refractivity contribution < 1.29 is 27.8 Å². The van der Waals surface area contributed by atoms with Crippen LogP contribution in [0.1, 0.15) is 23.1 Å². The molecule has 8 heteroatoms. The molecule has 158 valence electrons. The Morgan fingerprint density at radius 3 is 1.90 bits per heavy atom. The zero-order valence-electron chi connectivity index (χ0n) is 16.0. The van der Waals surface area contributed by atoms with E-state index < -0.39 is 17.8 Å². The summed E-state index contributed by atoms with van der Waals surface area (Å²) in [6.07, 6.45) is -2.06. The molecule has 0 aliphatic heterocycles. The molecule has 0 fully saturated rings. The fourth-order valence-electron chi connectivity index (χ4n) is 2.89. The Hall–Kier alpha value is -3.78. The van der Waals surface area contributed by atoms with E-state index in [9.17, 15) is 18.3 Å². The average Bonchev–Trinajstić information content (AvgIpc) is 3.29. The van der Waals surface area contributed by atoms with Crippen LogP contribution >= 0.6 is 0 Å². The van der Waals surface area contributed by atoms with Gasteiger partial charge in [0, 0.05) is 18.5 Å². The molecule has 1 unspecified atom stereocenters. The fourth-order valence-corrected chi connectivity index (χ4v) is 2.89. The van der Waals surface area contributed by atoms with E-state index in [2.05, 4.69) is 9.97 Å². The lowest BCUT2D eigenvalue weighted by molar-refractivity contribution is -0.137. The van der Waals surface area contributed by atoms with E-state index in [4.69, 9.17) is 9.47 Å². The molecule has 1 atom stereocenters. The number of H-pyrrole nitrogens is 1. The number of alkyl halides is 3. The number of aliphatic hydroxyl groups is 1. The number of nitrogens with one attached hydrogen (secondary N) is 1. The van der Waals surface area contributed by atoms with Crippen LogP contribution in [-0.4, -0.2) is 15.1 Å². The summed E-state index contributed by atoms with van der Waals surface area (Å²) in [5.41, 5.74) is -0.0840. The summed E-state index contributed by atoms with van der Waals surface area (Å²) in [5, 5.41) is 10.3. The molecule has 3 aromatic carbocycles. The fraction of sp³-hybridized carbons (Fsp3) is 0.0870. The molecular formula is C23H17F3N2O3. The molecule has 5 nitrogen and oxygen atoms in total. The smallest absolute Gasteiger partial charge is 0.416 e. The number of halogens is 3. The molecule has 2 N–H and O–H groups in total. The van der Waals surface area contributed by atoms with Crippen LogP contribution in [0.2, 0.25) is 0 Å². The Bertz CT molecular complexity index is 1130. The molecule has 0 amide bonds. The van der Waals surface area contributed by atoms with Crippen molar-refractivity contribution in [2.24, 2.45) is 0 Å². The maximum absolute atomic E-state index is 12.7. The van der Waals surface area contributed by atoms with Crippen LogP contribution in [0.15, 0.2) is 85.2 Å². The van der Waals surface area contributed by atoms with Gasteiger partial charge in [0.1, 0.15) is 34.9 Å². The highest BCUT2D eigenvalue weighted by molar-refractivity contribution is 5.40. The van der Waals surface area contributed by atoms with Crippen molar-refractivity contribution in [3.05, 3.63) is 102 Å². The molecule has 31 heavy (non-hydrogen) atoms. The van der Waals surface area contributed by atoms with Crippen LogP contribution in [0.25, 0.3) is 0 Å². The molecule has 0 saturated heterocycles. The van der Waals surface area contributed by atoms with Gasteiger partial charge >= 0.3 is 6.18 Å². The van der Waals surface area contributed by atoms with Crippen molar-refractivity contribution in [3.8, 4) is 23.0 Å². The molecule has 0 spiro atoms. The first-order valence-corrected chi connectivity index (χ1v) is 9.29. The van der Waals surface area contributed by atoms with Crippen LogP contribution < -0.4 is 9.47 Å². The highest BCUT2D eigenvalue weighted by atomic mass is 19.4. The minimum Gasteiger partial charge on any atom is -0.457 e. The second kappa shape index (κ2) is 8.53. The Labute approximate surface area is 175 Å². The monoisotopic (exact) mass is 426 g/mol. The topological polar surface area (TPSA) is 67.4 Å². The Balaban J connectivity index is 1.42. The summed E-state index contributed by atoms with van der Waals surface area (Å²) in [6, 6.07) is 18.1. The maximum Gasteiger partial charge on any atom is 0.416 e. The molecular weight excluding hydrogens is 409 g/mol. The number of hydrogen-bond donors (Lipinski definition) is 2. The van der Waals surface area contributed by atoms with Gasteiger partial charge in [-0.2, -0.15) is 13.2 Å². The molecule has 0 aliphatic rings. The predicted molar refractivity (Wildman–Crippen MR) is 107 cm³/mol. The Kier molecular flexibility index (Phi) is 5.64. The molecule has 0 saturated carbocycles. The molecule has 1 heterocycles. The SMILES string of the molecule is OC(c1ccc(Oc2cccc(Oc3ccc(C(F)(F)F)cc3)c2)cc1)c1ncc[nH]1. The first kappa shape index (κ1) is 20.5. The lowest BCUT2D eigenvalue weighted by Gasteiger charge is -2.12. The van der Waals surface area contributed by atoms with Gasteiger partial charge < -0.3 is 19.6 Å². The van der Waals surface area contributed by atoms with E-state index in [1.165, 1.54) is 12.1 Å². The summed E-state index contributed by atoms with van der Waals surface area (Å²) < 4.78 is 49.5. The number of rotatable bonds is 6. The minimum atomic E-state index is -4.39. The average molecular weight is 426 g/mol. The summed E-state index contributed by atoms with van der Waals surface area (Å²) in [7, 11) is 0. The van der Waals surface area contributed by atoms with Crippen molar-refractivity contribution in [3.63, 3.8) is 0 Å². The maximum atomic E-state index is 12.7. The van der Waals surface area contributed by atoms with Gasteiger partial charge in [-0.05, 0) is 54.1 Å². The molecule has 0 aliphatic carbocycles. The highest BCUT2D eigenvalue weighted by Gasteiger charge is 2.30. The van der Waals surface area contributed by atoms with Crippen LogP contribution in [0.4, 0.5) is 13.2 Å². The molecule has 0 radical (unpaired) electrons. The third-order valence-electron chi connectivity index (χ3n) is 4.43. The minimum absolute atomic E-state index is 0.279. The van der Waals surface area contributed by atoms with E-state index in [0.717, 1.165) is 12.1 Å². The number of aromatic amines is 1. The number of aromatic nitrogens is 2. The normalized spacial score (nSPS) is 12.4. The molecule has 4 aromatic rings. The first-order valence-electron chi connectivity index (χ1n) is 9.29. The summed E-state index contributed by atoms with van der Waals surface area (Å²) in [6.45, 7) is 0. The largest absolute Gasteiger partial charge is 0.457 e. The van der Waals surface area contributed by atoms with Crippen molar-refractivity contribution in [2.75, 3.05) is 0 Å². The zero-order valence-corrected chi connectivity index (χ0v) is 16.0. The second-order valence-electron chi connectivity index (χ2n) is 6.65. The summed E-state index contributed by atoms with van der Waals surface area (Å²) >= 11 is 0. The van der Waals surface area contributed by atoms with Crippen molar-refractivity contribution in [1.82, 2.24) is 9.97 Å². The van der Waals surface area contributed by atoms with Crippen molar-refractivity contribution in [2.45, 2.75) is 12.3 Å². The summed E-state index contributed by atoms with van der Waals surface area (Å²) in [5.74, 6) is 2.18. The predicted octanol–water partition coefficient (Wildman–Crippen LogP) is 6.09. The number of ether oxygens (including phenoxy) is 2. The van der Waals surface area contributed by atoms with E-state index in [1.54, 1.807) is 60.9 Å². The van der Waals surface area contributed by atoms with Gasteiger partial charge in [-0.15, -0.1) is 0 Å². The number of aliphatic hydroxyl groups excluding tert-OH is 1. The number of hydrogen-bond acceptors (Lipinski definition) is 4. The number of benzene rings is 3. The lowest BCUT2D eigenvalue weighted by Crippen LogP contribution is -2.03. The van der Waals surface area contributed by atoms with Gasteiger partial charge in [-0.1, -0.05) is 18.2 Å². The quantitative estimate of drug-likeness (QED) is 0.391. The van der Waals surface area contributed by atoms with Crippen molar-refractivity contribution in [1.29, 1.82) is 0 Å². The lowest BCUT2D eigenvalue weighted by atomic mass is 10.1. The van der Waals surface area contributed by atoms with Gasteiger partial charge in [0.05, 0.1) is 5.56 Å². The van der Waals surface area contributed by atoms with Gasteiger partial charge in [0.15, 0.2) is 0 Å². The first-order chi connectivity index (χ1) is 14.9. The zero-order chi connectivity index (χ0) is 21.8. The van der Waals surface area contributed by atoms with Gasteiger partial charge in [0.2, 0.25) is 0 Å². The Morgan fingerprint density at radius 2 is 1.39 bits per heavy atom. The van der Waals surface area contributed by atoms with Crippen molar-refractivity contribution >= 4 is 0 Å².